The molecular weight excluding hydrogens is 347 g/mol. The molecule has 0 unspecified atom stereocenters. The minimum Gasteiger partial charge on any atom is -0.406 e. The first-order valence-corrected chi connectivity index (χ1v) is 6.70. The van der Waals surface area contributed by atoms with Gasteiger partial charge in [0.15, 0.2) is 11.4 Å². The number of hydrogen-bond acceptors (Lipinski definition) is 4. The Labute approximate surface area is 119 Å². The first-order chi connectivity index (χ1) is 8.85. The first kappa shape index (κ1) is 15.7. The third-order valence-corrected chi connectivity index (χ3v) is 2.98. The predicted octanol–water partition coefficient (Wildman–Crippen LogP) is 3.77. The SMILES string of the molecule is CSC(=Nc1cc(OC(F)(F)F)ccc1Br)NC#N. The van der Waals surface area contributed by atoms with Gasteiger partial charge in [0.25, 0.3) is 0 Å². The number of benzene rings is 1. The summed E-state index contributed by atoms with van der Waals surface area (Å²) >= 11 is 4.30. The van der Waals surface area contributed by atoms with E-state index in [2.05, 4.69) is 31.0 Å². The number of nitrogens with one attached hydrogen (secondary N) is 1. The highest BCUT2D eigenvalue weighted by molar-refractivity contribution is 9.10. The standard InChI is InChI=1S/C10H7BrF3N3OS/c1-19-9(16-5-15)17-8-4-6(2-3-7(8)11)18-10(12,13)14/h2-4H,1H3,(H,16,17). The maximum Gasteiger partial charge on any atom is 0.573 e. The minimum atomic E-state index is -4.76. The molecule has 0 aliphatic rings. The number of halogens is 4. The van der Waals surface area contributed by atoms with Crippen LogP contribution in [0.5, 0.6) is 5.75 Å². The molecule has 0 saturated heterocycles. The van der Waals surface area contributed by atoms with Crippen molar-refractivity contribution in [3.63, 3.8) is 0 Å². The van der Waals surface area contributed by atoms with E-state index in [1.807, 2.05) is 0 Å². The Bertz CT molecular complexity index is 528. The number of nitrogens with zero attached hydrogens (tertiary/aromatic N) is 2. The lowest BCUT2D eigenvalue weighted by molar-refractivity contribution is -0.274. The predicted molar refractivity (Wildman–Crippen MR) is 70.2 cm³/mol. The highest BCUT2D eigenvalue weighted by Crippen LogP contribution is 2.32. The smallest absolute Gasteiger partial charge is 0.406 e. The third kappa shape index (κ3) is 5.40. The average Bonchev–Trinajstić information content (AvgIpc) is 2.30. The molecule has 0 atom stereocenters. The van der Waals surface area contributed by atoms with Gasteiger partial charge in [-0.15, -0.1) is 13.2 Å². The molecular formula is C10H7BrF3N3OS. The molecule has 1 N–H and O–H groups in total. The number of rotatable bonds is 2. The van der Waals surface area contributed by atoms with Crippen molar-refractivity contribution in [1.29, 1.82) is 5.26 Å². The number of alkyl halides is 3. The number of thioether (sulfide) groups is 1. The Balaban J connectivity index is 3.07. The van der Waals surface area contributed by atoms with Gasteiger partial charge in [-0.25, -0.2) is 4.99 Å². The molecule has 4 nitrogen and oxygen atoms in total. The van der Waals surface area contributed by atoms with Gasteiger partial charge >= 0.3 is 6.36 Å². The summed E-state index contributed by atoms with van der Waals surface area (Å²) in [6.07, 6.45) is -1.40. The van der Waals surface area contributed by atoms with Crippen molar-refractivity contribution in [3.05, 3.63) is 22.7 Å². The fourth-order valence-electron chi connectivity index (χ4n) is 1.06. The van der Waals surface area contributed by atoms with Gasteiger partial charge in [-0.2, -0.15) is 5.26 Å². The van der Waals surface area contributed by atoms with Crippen LogP contribution in [0, 0.1) is 11.5 Å². The van der Waals surface area contributed by atoms with Gasteiger partial charge in [0.1, 0.15) is 5.75 Å². The van der Waals surface area contributed by atoms with Crippen LogP contribution >= 0.6 is 27.7 Å². The van der Waals surface area contributed by atoms with Crippen LogP contribution in [0.2, 0.25) is 0 Å². The van der Waals surface area contributed by atoms with E-state index in [1.165, 1.54) is 6.07 Å². The van der Waals surface area contributed by atoms with E-state index in [9.17, 15) is 13.2 Å². The summed E-state index contributed by atoms with van der Waals surface area (Å²) in [5.74, 6) is -0.383. The maximum absolute atomic E-state index is 12.1. The topological polar surface area (TPSA) is 57.4 Å². The van der Waals surface area contributed by atoms with Crippen LogP contribution in [0.4, 0.5) is 18.9 Å². The zero-order chi connectivity index (χ0) is 14.5. The molecule has 0 fully saturated rings. The van der Waals surface area contributed by atoms with Crippen molar-refractivity contribution >= 4 is 38.5 Å². The molecule has 1 aromatic carbocycles. The Morgan fingerprint density at radius 2 is 2.21 bits per heavy atom. The number of amidine groups is 1. The number of nitriles is 1. The zero-order valence-electron chi connectivity index (χ0n) is 9.45. The summed E-state index contributed by atoms with van der Waals surface area (Å²) in [6, 6.07) is 3.66. The van der Waals surface area contributed by atoms with E-state index < -0.39 is 6.36 Å². The summed E-state index contributed by atoms with van der Waals surface area (Å²) in [5.41, 5.74) is 0.217. The van der Waals surface area contributed by atoms with Gasteiger partial charge in [0.05, 0.1) is 5.69 Å². The number of hydrogen-bond donors (Lipinski definition) is 1. The molecule has 0 aromatic heterocycles. The molecule has 1 aromatic rings. The summed E-state index contributed by atoms with van der Waals surface area (Å²) in [7, 11) is 0. The summed E-state index contributed by atoms with van der Waals surface area (Å²) < 4.78 is 40.6. The Morgan fingerprint density at radius 3 is 2.74 bits per heavy atom. The largest absolute Gasteiger partial charge is 0.573 e. The second-order valence-electron chi connectivity index (χ2n) is 3.02. The first-order valence-electron chi connectivity index (χ1n) is 4.69. The molecule has 0 bridgehead atoms. The van der Waals surface area contributed by atoms with Crippen molar-refractivity contribution in [2.75, 3.05) is 6.26 Å². The monoisotopic (exact) mass is 353 g/mol. The van der Waals surface area contributed by atoms with E-state index >= 15 is 0 Å². The molecule has 0 amide bonds. The second kappa shape index (κ2) is 6.68. The van der Waals surface area contributed by atoms with E-state index in [4.69, 9.17) is 5.26 Å². The van der Waals surface area contributed by atoms with Gasteiger partial charge in [0.2, 0.25) is 0 Å². The molecule has 0 spiro atoms. The molecule has 1 rings (SSSR count). The summed E-state index contributed by atoms with van der Waals surface area (Å²) in [6.45, 7) is 0. The van der Waals surface area contributed by atoms with Gasteiger partial charge in [-0.05, 0) is 34.3 Å². The molecule has 0 heterocycles. The van der Waals surface area contributed by atoms with E-state index in [-0.39, 0.29) is 16.6 Å². The van der Waals surface area contributed by atoms with Crippen LogP contribution < -0.4 is 10.1 Å². The number of aliphatic imine (C=N–C) groups is 1. The average molecular weight is 354 g/mol. The molecule has 9 heteroatoms. The summed E-state index contributed by atoms with van der Waals surface area (Å²) in [4.78, 5) is 4.01. The Morgan fingerprint density at radius 1 is 1.53 bits per heavy atom. The minimum absolute atomic E-state index is 0.217. The van der Waals surface area contributed by atoms with Gasteiger partial charge in [0, 0.05) is 10.5 Å². The quantitative estimate of drug-likeness (QED) is 0.380. The van der Waals surface area contributed by atoms with Crippen molar-refractivity contribution in [1.82, 2.24) is 5.32 Å². The van der Waals surface area contributed by atoms with Crippen molar-refractivity contribution in [2.24, 2.45) is 4.99 Å². The Kier molecular flexibility index (Phi) is 5.50. The van der Waals surface area contributed by atoms with E-state index in [0.717, 1.165) is 23.9 Å². The number of ether oxygens (including phenoxy) is 1. The fourth-order valence-corrected chi connectivity index (χ4v) is 1.73. The van der Waals surface area contributed by atoms with Crippen molar-refractivity contribution in [2.45, 2.75) is 6.36 Å². The van der Waals surface area contributed by atoms with Crippen LogP contribution in [-0.4, -0.2) is 17.8 Å². The van der Waals surface area contributed by atoms with E-state index in [1.54, 1.807) is 12.4 Å². The van der Waals surface area contributed by atoms with Crippen LogP contribution in [0.15, 0.2) is 27.7 Å². The lowest BCUT2D eigenvalue weighted by Crippen LogP contribution is -2.17. The zero-order valence-corrected chi connectivity index (χ0v) is 11.9. The Hall–Kier alpha value is -1.40. The molecule has 0 radical (unpaired) electrons. The highest BCUT2D eigenvalue weighted by Gasteiger charge is 2.31. The molecule has 0 saturated carbocycles. The van der Waals surface area contributed by atoms with Crippen LogP contribution in [0.1, 0.15) is 0 Å². The molecule has 0 aliphatic carbocycles. The van der Waals surface area contributed by atoms with Gasteiger partial charge in [-0.3, -0.25) is 5.32 Å². The van der Waals surface area contributed by atoms with Crippen LogP contribution in [0.3, 0.4) is 0 Å². The molecule has 0 aliphatic heterocycles. The van der Waals surface area contributed by atoms with E-state index in [0.29, 0.717) is 4.47 Å². The molecule has 19 heavy (non-hydrogen) atoms. The van der Waals surface area contributed by atoms with Crippen LogP contribution in [0.25, 0.3) is 0 Å². The van der Waals surface area contributed by atoms with Gasteiger partial charge < -0.3 is 4.74 Å². The maximum atomic E-state index is 12.1. The summed E-state index contributed by atoms with van der Waals surface area (Å²) in [5, 5.41) is 11.0. The van der Waals surface area contributed by atoms with Crippen molar-refractivity contribution in [3.8, 4) is 11.9 Å². The second-order valence-corrected chi connectivity index (χ2v) is 4.67. The third-order valence-electron chi connectivity index (χ3n) is 1.73. The molecule has 102 valence electrons. The fraction of sp³-hybridized carbons (Fsp3) is 0.200. The van der Waals surface area contributed by atoms with Crippen LogP contribution in [-0.2, 0) is 0 Å². The highest BCUT2D eigenvalue weighted by atomic mass is 79.9. The normalized spacial score (nSPS) is 11.9. The van der Waals surface area contributed by atoms with Crippen molar-refractivity contribution < 1.29 is 17.9 Å². The van der Waals surface area contributed by atoms with Gasteiger partial charge in [-0.1, -0.05) is 11.8 Å². The lowest BCUT2D eigenvalue weighted by atomic mass is 10.3. The lowest BCUT2D eigenvalue weighted by Gasteiger charge is -2.10.